The van der Waals surface area contributed by atoms with Gasteiger partial charge in [-0.2, -0.15) is 0 Å². The van der Waals surface area contributed by atoms with Gasteiger partial charge in [0.1, 0.15) is 12.2 Å². The molecule has 0 aromatic carbocycles. The van der Waals surface area contributed by atoms with Crippen LogP contribution >= 0.6 is 0 Å². The van der Waals surface area contributed by atoms with Gasteiger partial charge in [0.25, 0.3) is 0 Å². The van der Waals surface area contributed by atoms with Crippen LogP contribution in [-0.2, 0) is 28.6 Å². The number of hydrogen-bond donors (Lipinski definition) is 1. The largest absolute Gasteiger partial charge is 0.465 e. The molecule has 7 nitrogen and oxygen atoms in total. The van der Waals surface area contributed by atoms with E-state index in [4.69, 9.17) is 14.2 Å². The number of ether oxygens (including phenoxy) is 3. The molecule has 5 fully saturated rings. The molecule has 5 aliphatic rings. The maximum Gasteiger partial charge on any atom is 0.302 e. The van der Waals surface area contributed by atoms with Crippen LogP contribution in [-0.4, -0.2) is 47.9 Å². The molecule has 0 aromatic rings. The summed E-state index contributed by atoms with van der Waals surface area (Å²) in [7, 11) is 0. The third-order valence-corrected chi connectivity index (χ3v) is 8.74. The van der Waals surface area contributed by atoms with Crippen LogP contribution < -0.4 is 0 Å². The minimum atomic E-state index is -0.903. The molecule has 5 saturated carbocycles. The van der Waals surface area contributed by atoms with E-state index in [1.807, 2.05) is 13.8 Å². The number of aliphatic hydroxyl groups is 1. The van der Waals surface area contributed by atoms with Crippen LogP contribution in [0.3, 0.4) is 0 Å². The molecule has 0 heterocycles. The molecule has 0 saturated heterocycles. The van der Waals surface area contributed by atoms with Crippen molar-refractivity contribution in [3.63, 3.8) is 0 Å². The molecule has 8 atom stereocenters. The number of hydrogen-bond acceptors (Lipinski definition) is 7. The first-order valence-electron chi connectivity index (χ1n) is 10.0. The zero-order valence-corrected chi connectivity index (χ0v) is 17.4. The first-order chi connectivity index (χ1) is 12.9. The quantitative estimate of drug-likeness (QED) is 0.574. The zero-order chi connectivity index (χ0) is 20.9. The summed E-state index contributed by atoms with van der Waals surface area (Å²) >= 11 is 0. The third-order valence-electron chi connectivity index (χ3n) is 8.74. The minimum absolute atomic E-state index is 0.185. The average Bonchev–Trinajstić information content (AvgIpc) is 2.81. The van der Waals surface area contributed by atoms with E-state index in [2.05, 4.69) is 6.92 Å². The van der Waals surface area contributed by atoms with Gasteiger partial charge in [-0.25, -0.2) is 0 Å². The molecule has 28 heavy (non-hydrogen) atoms. The maximum atomic E-state index is 12.0. The van der Waals surface area contributed by atoms with Crippen LogP contribution in [0.25, 0.3) is 0 Å². The Kier molecular flexibility index (Phi) is 3.86. The number of esters is 3. The fourth-order valence-electron chi connectivity index (χ4n) is 8.00. The lowest BCUT2D eigenvalue weighted by Crippen LogP contribution is -2.66. The number of rotatable bonds is 4. The monoisotopic (exact) mass is 394 g/mol. The van der Waals surface area contributed by atoms with Gasteiger partial charge in [0.2, 0.25) is 0 Å². The van der Waals surface area contributed by atoms with Crippen LogP contribution in [0.2, 0.25) is 0 Å². The summed E-state index contributed by atoms with van der Waals surface area (Å²) in [4.78, 5) is 35.4. The zero-order valence-electron chi connectivity index (χ0n) is 17.4. The Morgan fingerprint density at radius 1 is 0.964 bits per heavy atom. The van der Waals surface area contributed by atoms with Gasteiger partial charge in [0.05, 0.1) is 12.7 Å². The molecule has 0 unspecified atom stereocenters. The molecule has 0 amide bonds. The second-order valence-electron chi connectivity index (χ2n) is 10.1. The highest BCUT2D eigenvalue weighted by Gasteiger charge is 2.96. The van der Waals surface area contributed by atoms with E-state index in [0.717, 1.165) is 6.42 Å². The Bertz CT molecular complexity index is 760. The Morgan fingerprint density at radius 2 is 1.57 bits per heavy atom. The standard InChI is InChI=1S/C21H30O7/c1-10(22)26-9-20-8-14(27-11(2)23)16(25)18(4,5)21(20)7-13-15(20)19(13,6)17(21)28-12(3)24/h13-17,25H,7-9H2,1-6H3/t13-,14+,15-,16+,17+,19-,20+,21+/m1/s1. The summed E-state index contributed by atoms with van der Waals surface area (Å²) in [6.45, 7) is 10.4. The van der Waals surface area contributed by atoms with E-state index in [1.54, 1.807) is 0 Å². The van der Waals surface area contributed by atoms with Crippen LogP contribution in [0.4, 0.5) is 0 Å². The highest BCUT2D eigenvalue weighted by Crippen LogP contribution is 2.95. The molecule has 5 aliphatic carbocycles. The van der Waals surface area contributed by atoms with Crippen molar-refractivity contribution in [3.05, 3.63) is 0 Å². The van der Waals surface area contributed by atoms with Gasteiger partial charge in [0, 0.05) is 42.4 Å². The number of carbonyl (C=O) groups is 3. The summed E-state index contributed by atoms with van der Waals surface area (Å²) in [5.41, 5.74) is -1.94. The van der Waals surface area contributed by atoms with Gasteiger partial charge in [-0.15, -0.1) is 0 Å². The normalized spacial score (nSPS) is 49.2. The van der Waals surface area contributed by atoms with Crippen LogP contribution in [0, 0.1) is 33.5 Å². The van der Waals surface area contributed by atoms with Gasteiger partial charge in [-0.05, 0) is 24.7 Å². The molecule has 4 bridgehead atoms. The molecule has 7 heteroatoms. The second-order valence-corrected chi connectivity index (χ2v) is 10.1. The summed E-state index contributed by atoms with van der Waals surface area (Å²) < 4.78 is 17.0. The predicted molar refractivity (Wildman–Crippen MR) is 96.7 cm³/mol. The Morgan fingerprint density at radius 3 is 2.11 bits per heavy atom. The van der Waals surface area contributed by atoms with Crippen molar-refractivity contribution < 1.29 is 33.7 Å². The van der Waals surface area contributed by atoms with E-state index in [-0.39, 0.29) is 36.0 Å². The molecule has 1 spiro atoms. The van der Waals surface area contributed by atoms with Crippen molar-refractivity contribution >= 4 is 17.9 Å². The van der Waals surface area contributed by atoms with E-state index < -0.39 is 34.4 Å². The summed E-state index contributed by atoms with van der Waals surface area (Å²) in [6, 6.07) is 0. The Hall–Kier alpha value is -1.63. The van der Waals surface area contributed by atoms with E-state index in [0.29, 0.717) is 12.3 Å². The van der Waals surface area contributed by atoms with E-state index in [9.17, 15) is 19.5 Å². The fraction of sp³-hybridized carbons (Fsp3) is 0.857. The molecule has 5 rings (SSSR count). The van der Waals surface area contributed by atoms with Gasteiger partial charge in [-0.1, -0.05) is 20.8 Å². The van der Waals surface area contributed by atoms with Crippen LogP contribution in [0.1, 0.15) is 54.4 Å². The van der Waals surface area contributed by atoms with Gasteiger partial charge < -0.3 is 19.3 Å². The first-order valence-corrected chi connectivity index (χ1v) is 10.0. The van der Waals surface area contributed by atoms with E-state index >= 15 is 0 Å². The molecule has 156 valence electrons. The highest BCUT2D eigenvalue weighted by atomic mass is 16.6. The van der Waals surface area contributed by atoms with Crippen molar-refractivity contribution in [3.8, 4) is 0 Å². The lowest BCUT2D eigenvalue weighted by atomic mass is 9.46. The predicted octanol–water partition coefficient (Wildman–Crippen LogP) is 1.85. The van der Waals surface area contributed by atoms with Gasteiger partial charge in [-0.3, -0.25) is 14.4 Å². The lowest BCUT2D eigenvalue weighted by molar-refractivity contribution is -0.246. The SMILES string of the molecule is CC(=O)OC[C@]12C[C@H](OC(C)=O)[C@H](O)C(C)(C)[C@@]13C[C@@H]1[C@@H]2[C@]1(C)[C@@H]3OC(C)=O. The summed E-state index contributed by atoms with van der Waals surface area (Å²) in [6.07, 6.45) is -0.731. The number of carbonyl (C=O) groups excluding carboxylic acids is 3. The van der Waals surface area contributed by atoms with E-state index in [1.165, 1.54) is 20.8 Å². The smallest absolute Gasteiger partial charge is 0.302 e. The Labute approximate surface area is 165 Å². The van der Waals surface area contributed by atoms with Crippen molar-refractivity contribution in [2.24, 2.45) is 33.5 Å². The topological polar surface area (TPSA) is 99.1 Å². The minimum Gasteiger partial charge on any atom is -0.465 e. The molecular formula is C21H30O7. The molecule has 1 N–H and O–H groups in total. The number of aliphatic hydroxyl groups excluding tert-OH is 1. The average molecular weight is 394 g/mol. The maximum absolute atomic E-state index is 12.0. The molecule has 0 aliphatic heterocycles. The first kappa shape index (κ1) is 19.7. The molecule has 0 radical (unpaired) electrons. The molecular weight excluding hydrogens is 364 g/mol. The fourth-order valence-corrected chi connectivity index (χ4v) is 8.00. The van der Waals surface area contributed by atoms with Crippen molar-refractivity contribution in [2.45, 2.75) is 72.7 Å². The molecule has 0 aromatic heterocycles. The summed E-state index contributed by atoms with van der Waals surface area (Å²) in [5, 5.41) is 11.2. The van der Waals surface area contributed by atoms with Gasteiger partial charge in [0.15, 0.2) is 0 Å². The second kappa shape index (κ2) is 5.49. The van der Waals surface area contributed by atoms with Crippen LogP contribution in [0.15, 0.2) is 0 Å². The van der Waals surface area contributed by atoms with Crippen molar-refractivity contribution in [1.82, 2.24) is 0 Å². The van der Waals surface area contributed by atoms with Crippen molar-refractivity contribution in [2.75, 3.05) is 6.61 Å². The summed E-state index contributed by atoms with van der Waals surface area (Å²) in [5.74, 6) is -0.608. The van der Waals surface area contributed by atoms with Gasteiger partial charge >= 0.3 is 17.9 Å². The third kappa shape index (κ3) is 1.96. The Balaban J connectivity index is 1.86. The van der Waals surface area contributed by atoms with Crippen LogP contribution in [0.5, 0.6) is 0 Å². The lowest BCUT2D eigenvalue weighted by Gasteiger charge is -2.61. The van der Waals surface area contributed by atoms with Crippen molar-refractivity contribution in [1.29, 1.82) is 0 Å². The highest BCUT2D eigenvalue weighted by molar-refractivity contribution is 5.68.